The van der Waals surface area contributed by atoms with Crippen LogP contribution in [0.5, 0.6) is 5.75 Å². The molecule has 2 N–H and O–H groups in total. The van der Waals surface area contributed by atoms with Crippen molar-refractivity contribution < 1.29 is 19.2 Å². The van der Waals surface area contributed by atoms with Crippen LogP contribution in [0.3, 0.4) is 0 Å². The summed E-state index contributed by atoms with van der Waals surface area (Å²) in [6.45, 7) is 2.18. The van der Waals surface area contributed by atoms with Gasteiger partial charge in [-0.1, -0.05) is 6.07 Å². The van der Waals surface area contributed by atoms with Gasteiger partial charge in [-0.15, -0.1) is 0 Å². The summed E-state index contributed by atoms with van der Waals surface area (Å²) in [5, 5.41) is 2.90. The molecular weight excluding hydrogens is 268 g/mol. The Balaban J connectivity index is 1.77. The van der Waals surface area contributed by atoms with Crippen molar-refractivity contribution in [2.45, 2.75) is 25.4 Å². The van der Waals surface area contributed by atoms with Gasteiger partial charge in [0.2, 0.25) is 0 Å². The summed E-state index contributed by atoms with van der Waals surface area (Å²) >= 11 is 0. The second kappa shape index (κ2) is 8.00. The Morgan fingerprint density at radius 3 is 3.05 bits per heavy atom. The monoisotopic (exact) mass is 293 g/mol. The zero-order valence-electron chi connectivity index (χ0n) is 12.9. The number of carbonyl (C=O) groups is 1. The van der Waals surface area contributed by atoms with E-state index in [1.807, 2.05) is 31.3 Å². The third-order valence-electron chi connectivity index (χ3n) is 3.67. The second-order valence-electron chi connectivity index (χ2n) is 5.61. The van der Waals surface area contributed by atoms with Gasteiger partial charge >= 0.3 is 0 Å². The van der Waals surface area contributed by atoms with Gasteiger partial charge in [0, 0.05) is 18.4 Å². The fraction of sp³-hybridized carbons (Fsp3) is 0.562. The summed E-state index contributed by atoms with van der Waals surface area (Å²) < 4.78 is 10.9. The quantitative estimate of drug-likeness (QED) is 0.812. The molecule has 0 aromatic heterocycles. The van der Waals surface area contributed by atoms with Crippen LogP contribution in [0.25, 0.3) is 0 Å². The molecule has 5 heteroatoms. The zero-order valence-corrected chi connectivity index (χ0v) is 12.9. The minimum absolute atomic E-state index is 0.0107. The van der Waals surface area contributed by atoms with Crippen molar-refractivity contribution in [3.8, 4) is 5.75 Å². The molecule has 0 bridgehead atoms. The molecule has 0 saturated carbocycles. The Kier molecular flexibility index (Phi) is 6.02. The number of amides is 1. The molecule has 0 spiro atoms. The van der Waals surface area contributed by atoms with Crippen LogP contribution in [-0.4, -0.2) is 45.9 Å². The van der Waals surface area contributed by atoms with E-state index in [9.17, 15) is 4.79 Å². The van der Waals surface area contributed by atoms with Crippen molar-refractivity contribution in [1.29, 1.82) is 0 Å². The van der Waals surface area contributed by atoms with E-state index in [4.69, 9.17) is 9.47 Å². The van der Waals surface area contributed by atoms with Crippen LogP contribution in [0.1, 0.15) is 19.3 Å². The van der Waals surface area contributed by atoms with Crippen LogP contribution in [0, 0.1) is 0 Å². The van der Waals surface area contributed by atoms with E-state index in [0.717, 1.165) is 37.4 Å². The predicted octanol–water partition coefficient (Wildman–Crippen LogP) is 0.718. The highest BCUT2D eigenvalue weighted by Gasteiger charge is 2.19. The summed E-state index contributed by atoms with van der Waals surface area (Å²) in [6, 6.07) is 7.39. The predicted molar refractivity (Wildman–Crippen MR) is 81.8 cm³/mol. The van der Waals surface area contributed by atoms with E-state index in [2.05, 4.69) is 5.32 Å². The van der Waals surface area contributed by atoms with Crippen molar-refractivity contribution in [2.24, 2.45) is 0 Å². The molecule has 1 aliphatic rings. The number of ether oxygens (including phenoxy) is 2. The topological polar surface area (TPSA) is 52.0 Å². The number of nitrogens with one attached hydrogen (secondary N) is 2. The lowest BCUT2D eigenvalue weighted by atomic mass is 10.1. The van der Waals surface area contributed by atoms with Gasteiger partial charge < -0.3 is 19.7 Å². The van der Waals surface area contributed by atoms with Gasteiger partial charge in [-0.25, -0.2) is 0 Å². The first-order valence-corrected chi connectivity index (χ1v) is 7.54. The average molecular weight is 293 g/mol. The number of anilines is 1. The van der Waals surface area contributed by atoms with Crippen LogP contribution in [0.4, 0.5) is 5.69 Å². The summed E-state index contributed by atoms with van der Waals surface area (Å²) in [6.07, 6.45) is 3.79. The normalized spacial score (nSPS) is 19.8. The highest BCUT2D eigenvalue weighted by molar-refractivity contribution is 5.91. The van der Waals surface area contributed by atoms with Gasteiger partial charge in [-0.3, -0.25) is 4.79 Å². The molecule has 1 amide bonds. The molecule has 1 saturated heterocycles. The number of quaternary nitrogens is 1. The van der Waals surface area contributed by atoms with Crippen molar-refractivity contribution in [3.63, 3.8) is 0 Å². The van der Waals surface area contributed by atoms with E-state index in [-0.39, 0.29) is 5.91 Å². The minimum Gasteiger partial charge on any atom is -0.497 e. The molecule has 116 valence electrons. The first-order valence-electron chi connectivity index (χ1n) is 7.54. The maximum Gasteiger partial charge on any atom is 0.279 e. The standard InChI is InChI=1S/C16H24N2O3/c1-18(11-15-7-3-4-9-21-15)12-16(19)17-13-6-5-8-14(10-13)20-2/h5-6,8,10,15H,3-4,7,9,11-12H2,1-2H3,(H,17,19)/p+1/t15-/m0/s1. The van der Waals surface area contributed by atoms with Crippen LogP contribution in [0.2, 0.25) is 0 Å². The summed E-state index contributed by atoms with van der Waals surface area (Å²) in [5.41, 5.74) is 0.765. The molecule has 1 unspecified atom stereocenters. The van der Waals surface area contributed by atoms with Gasteiger partial charge in [0.1, 0.15) is 18.4 Å². The maximum atomic E-state index is 12.1. The molecule has 1 heterocycles. The van der Waals surface area contributed by atoms with E-state index < -0.39 is 0 Å². The molecule has 1 aromatic carbocycles. The Hall–Kier alpha value is -1.59. The van der Waals surface area contributed by atoms with Crippen molar-refractivity contribution in [1.82, 2.24) is 0 Å². The third kappa shape index (κ3) is 5.36. The van der Waals surface area contributed by atoms with Crippen LogP contribution >= 0.6 is 0 Å². The van der Waals surface area contributed by atoms with Crippen LogP contribution in [0.15, 0.2) is 24.3 Å². The Bertz CT molecular complexity index is 459. The molecule has 2 rings (SSSR count). The van der Waals surface area contributed by atoms with Crippen LogP contribution in [-0.2, 0) is 9.53 Å². The number of hydrogen-bond donors (Lipinski definition) is 2. The first-order chi connectivity index (χ1) is 10.2. The number of benzene rings is 1. The number of carbonyl (C=O) groups excluding carboxylic acids is 1. The Morgan fingerprint density at radius 1 is 1.48 bits per heavy atom. The maximum absolute atomic E-state index is 12.1. The van der Waals surface area contributed by atoms with E-state index in [1.54, 1.807) is 7.11 Å². The lowest BCUT2D eigenvalue weighted by molar-refractivity contribution is -0.874. The fourth-order valence-corrected chi connectivity index (χ4v) is 2.61. The number of methoxy groups -OCH3 is 1. The number of likely N-dealkylation sites (N-methyl/N-ethyl adjacent to an activating group) is 1. The van der Waals surface area contributed by atoms with E-state index in [1.165, 1.54) is 11.3 Å². The van der Waals surface area contributed by atoms with E-state index >= 15 is 0 Å². The summed E-state index contributed by atoms with van der Waals surface area (Å²) in [5.74, 6) is 0.751. The molecule has 5 nitrogen and oxygen atoms in total. The second-order valence-corrected chi connectivity index (χ2v) is 5.61. The summed E-state index contributed by atoms with van der Waals surface area (Å²) in [7, 11) is 3.64. The van der Waals surface area contributed by atoms with Crippen molar-refractivity contribution in [2.75, 3.05) is 39.2 Å². The highest BCUT2D eigenvalue weighted by atomic mass is 16.5. The molecule has 1 aliphatic heterocycles. The summed E-state index contributed by atoms with van der Waals surface area (Å²) in [4.78, 5) is 13.2. The Morgan fingerprint density at radius 2 is 2.33 bits per heavy atom. The van der Waals surface area contributed by atoms with Crippen molar-refractivity contribution in [3.05, 3.63) is 24.3 Å². The van der Waals surface area contributed by atoms with Gasteiger partial charge in [0.15, 0.2) is 6.54 Å². The first kappa shape index (κ1) is 15.8. The molecule has 1 aromatic rings. The zero-order chi connectivity index (χ0) is 15.1. The lowest BCUT2D eigenvalue weighted by Crippen LogP contribution is -3.11. The minimum atomic E-state index is 0.0107. The SMILES string of the molecule is COc1cccc(NC(=O)C[NH+](C)C[C@@H]2CCCCO2)c1. The molecular formula is C16H25N2O3+. The molecule has 0 aliphatic carbocycles. The third-order valence-corrected chi connectivity index (χ3v) is 3.67. The molecule has 21 heavy (non-hydrogen) atoms. The molecule has 1 fully saturated rings. The van der Waals surface area contributed by atoms with Gasteiger partial charge in [0.05, 0.1) is 14.2 Å². The smallest absolute Gasteiger partial charge is 0.279 e. The van der Waals surface area contributed by atoms with E-state index in [0.29, 0.717) is 12.6 Å². The fourth-order valence-electron chi connectivity index (χ4n) is 2.61. The van der Waals surface area contributed by atoms with Gasteiger partial charge in [-0.05, 0) is 31.4 Å². The van der Waals surface area contributed by atoms with Gasteiger partial charge in [0.25, 0.3) is 5.91 Å². The average Bonchev–Trinajstić information content (AvgIpc) is 2.48. The Labute approximate surface area is 126 Å². The largest absolute Gasteiger partial charge is 0.497 e. The van der Waals surface area contributed by atoms with Crippen LogP contribution < -0.4 is 15.0 Å². The molecule has 0 radical (unpaired) electrons. The lowest BCUT2D eigenvalue weighted by Gasteiger charge is -2.25. The van der Waals surface area contributed by atoms with Gasteiger partial charge in [-0.2, -0.15) is 0 Å². The highest BCUT2D eigenvalue weighted by Crippen LogP contribution is 2.16. The van der Waals surface area contributed by atoms with Crippen molar-refractivity contribution >= 4 is 11.6 Å². The number of rotatable bonds is 6. The molecule has 2 atom stereocenters. The number of hydrogen-bond acceptors (Lipinski definition) is 3.